The molecule has 18 heavy (non-hydrogen) atoms. The number of nitrogens with zero attached hydrogens (tertiary/aromatic N) is 2. The van der Waals surface area contributed by atoms with Crippen LogP contribution in [-0.2, 0) is 11.8 Å². The highest BCUT2D eigenvalue weighted by Crippen LogP contribution is 2.27. The fraction of sp³-hybridized carbons (Fsp3) is 0.214. The molecule has 2 aromatic rings. The van der Waals surface area contributed by atoms with E-state index < -0.39 is 5.97 Å². The second-order valence-corrected chi connectivity index (χ2v) is 4.26. The van der Waals surface area contributed by atoms with Gasteiger partial charge in [0.05, 0.1) is 5.69 Å². The Morgan fingerprint density at radius 2 is 2.17 bits per heavy atom. The van der Waals surface area contributed by atoms with E-state index in [-0.39, 0.29) is 0 Å². The van der Waals surface area contributed by atoms with Crippen LogP contribution in [0.15, 0.2) is 42.6 Å². The van der Waals surface area contributed by atoms with E-state index in [1.807, 2.05) is 31.1 Å². The smallest absolute Gasteiger partial charge is 0.328 e. The maximum absolute atomic E-state index is 10.4. The molecule has 1 heterocycles. The van der Waals surface area contributed by atoms with Gasteiger partial charge in [-0.2, -0.15) is 0 Å². The molecule has 0 bridgehead atoms. The van der Waals surface area contributed by atoms with Crippen molar-refractivity contribution >= 4 is 22.6 Å². The predicted molar refractivity (Wildman–Crippen MR) is 73.0 cm³/mol. The Labute approximate surface area is 106 Å². The van der Waals surface area contributed by atoms with E-state index in [1.165, 1.54) is 17.0 Å². The number of aromatic nitrogens is 1. The van der Waals surface area contributed by atoms with Gasteiger partial charge in [-0.25, -0.2) is 4.79 Å². The fourth-order valence-electron chi connectivity index (χ4n) is 2.03. The molecule has 4 nitrogen and oxygen atoms in total. The summed E-state index contributed by atoms with van der Waals surface area (Å²) in [6.07, 6.45) is 4.87. The zero-order valence-electron chi connectivity index (χ0n) is 10.5. The number of aryl methyl sites for hydroxylation is 1. The van der Waals surface area contributed by atoms with Crippen LogP contribution in [0.3, 0.4) is 0 Å². The Kier molecular flexibility index (Phi) is 3.37. The Balaban J connectivity index is 2.28. The van der Waals surface area contributed by atoms with E-state index in [1.54, 1.807) is 6.08 Å². The monoisotopic (exact) mass is 244 g/mol. The second-order valence-electron chi connectivity index (χ2n) is 4.26. The van der Waals surface area contributed by atoms with E-state index in [4.69, 9.17) is 5.11 Å². The van der Waals surface area contributed by atoms with Crippen LogP contribution in [-0.4, -0.2) is 29.2 Å². The minimum Gasteiger partial charge on any atom is -0.478 e. The number of fused-ring (bicyclic) bond motifs is 1. The number of benzene rings is 1. The second kappa shape index (κ2) is 4.96. The van der Waals surface area contributed by atoms with Crippen LogP contribution in [0.4, 0.5) is 5.69 Å². The number of aliphatic carboxylic acids is 1. The summed E-state index contributed by atoms with van der Waals surface area (Å²) < 4.78 is 2.07. The molecule has 94 valence electrons. The molecule has 1 N–H and O–H groups in total. The topological polar surface area (TPSA) is 45.5 Å². The van der Waals surface area contributed by atoms with E-state index in [0.717, 1.165) is 5.69 Å². The number of carboxylic acid groups (broad SMARTS) is 1. The quantitative estimate of drug-likeness (QED) is 0.839. The molecule has 4 heteroatoms. The van der Waals surface area contributed by atoms with Gasteiger partial charge in [-0.1, -0.05) is 24.3 Å². The summed E-state index contributed by atoms with van der Waals surface area (Å²) in [7, 11) is 3.96. The normalized spacial score (nSPS) is 11.2. The van der Waals surface area contributed by atoms with Crippen LogP contribution in [0.5, 0.6) is 0 Å². The summed E-state index contributed by atoms with van der Waals surface area (Å²) >= 11 is 0. The number of rotatable bonds is 4. The number of para-hydroxylation sites is 1. The van der Waals surface area contributed by atoms with Gasteiger partial charge in [-0.05, 0) is 6.07 Å². The average Bonchev–Trinajstić information content (AvgIpc) is 2.67. The number of anilines is 1. The van der Waals surface area contributed by atoms with Crippen molar-refractivity contribution in [2.24, 2.45) is 7.05 Å². The lowest BCUT2D eigenvalue weighted by Gasteiger charge is -2.15. The summed E-state index contributed by atoms with van der Waals surface area (Å²) in [5.41, 5.74) is 2.27. The third-order valence-corrected chi connectivity index (χ3v) is 2.93. The summed E-state index contributed by atoms with van der Waals surface area (Å²) in [4.78, 5) is 12.5. The molecule has 0 unspecified atom stereocenters. The van der Waals surface area contributed by atoms with Gasteiger partial charge in [-0.15, -0.1) is 0 Å². The minimum absolute atomic E-state index is 0.570. The lowest BCUT2D eigenvalue weighted by molar-refractivity contribution is -0.131. The van der Waals surface area contributed by atoms with Crippen molar-refractivity contribution in [2.75, 3.05) is 18.5 Å². The third kappa shape index (κ3) is 2.37. The number of hydrogen-bond acceptors (Lipinski definition) is 2. The molecule has 0 saturated carbocycles. The zero-order valence-corrected chi connectivity index (χ0v) is 10.5. The van der Waals surface area contributed by atoms with Gasteiger partial charge in [-0.3, -0.25) is 0 Å². The standard InChI is InChI=1S/C14H16N2O2/c1-15(9-5-8-14(17)18)13-10-16(2)12-7-4-3-6-11(12)13/h3-8,10H,9H2,1-2H3,(H,17,18)/b8-5+. The van der Waals surface area contributed by atoms with E-state index in [9.17, 15) is 4.79 Å². The van der Waals surface area contributed by atoms with E-state index in [2.05, 4.69) is 22.9 Å². The Morgan fingerprint density at radius 3 is 2.89 bits per heavy atom. The number of carbonyl (C=O) groups is 1. The van der Waals surface area contributed by atoms with Crippen molar-refractivity contribution < 1.29 is 9.90 Å². The molecule has 0 fully saturated rings. The predicted octanol–water partition coefficient (Wildman–Crippen LogP) is 2.26. The first-order chi connectivity index (χ1) is 8.59. The van der Waals surface area contributed by atoms with Gasteiger partial charge in [0.1, 0.15) is 0 Å². The van der Waals surface area contributed by atoms with Crippen LogP contribution in [0.25, 0.3) is 10.9 Å². The molecule has 0 aliphatic heterocycles. The van der Waals surface area contributed by atoms with Crippen LogP contribution in [0, 0.1) is 0 Å². The molecule has 0 spiro atoms. The van der Waals surface area contributed by atoms with Crippen molar-refractivity contribution in [3.05, 3.63) is 42.6 Å². The average molecular weight is 244 g/mol. The Morgan fingerprint density at radius 1 is 1.44 bits per heavy atom. The van der Waals surface area contributed by atoms with Gasteiger partial charge in [0.2, 0.25) is 0 Å². The molecule has 0 aliphatic rings. The van der Waals surface area contributed by atoms with Gasteiger partial charge in [0, 0.05) is 43.8 Å². The molecule has 2 rings (SSSR count). The highest BCUT2D eigenvalue weighted by atomic mass is 16.4. The molecular weight excluding hydrogens is 228 g/mol. The highest BCUT2D eigenvalue weighted by molar-refractivity contribution is 5.93. The van der Waals surface area contributed by atoms with Crippen LogP contribution in [0.2, 0.25) is 0 Å². The van der Waals surface area contributed by atoms with Crippen molar-refractivity contribution in [2.45, 2.75) is 0 Å². The first kappa shape index (κ1) is 12.2. The lowest BCUT2D eigenvalue weighted by atomic mass is 10.2. The number of hydrogen-bond donors (Lipinski definition) is 1. The summed E-state index contributed by atoms with van der Waals surface area (Å²) in [5, 5.41) is 9.74. The Hall–Kier alpha value is -2.23. The Bertz CT molecular complexity index is 599. The van der Waals surface area contributed by atoms with Gasteiger partial charge >= 0.3 is 5.97 Å². The van der Waals surface area contributed by atoms with Gasteiger partial charge < -0.3 is 14.6 Å². The molecular formula is C14H16N2O2. The summed E-state index contributed by atoms with van der Waals surface area (Å²) in [6.45, 7) is 0.570. The molecule has 0 aliphatic carbocycles. The van der Waals surface area contributed by atoms with Crippen LogP contribution >= 0.6 is 0 Å². The van der Waals surface area contributed by atoms with Crippen molar-refractivity contribution in [3.8, 4) is 0 Å². The van der Waals surface area contributed by atoms with Crippen molar-refractivity contribution in [1.82, 2.24) is 4.57 Å². The number of likely N-dealkylation sites (N-methyl/N-ethyl adjacent to an activating group) is 1. The first-order valence-electron chi connectivity index (χ1n) is 5.74. The van der Waals surface area contributed by atoms with Crippen molar-refractivity contribution in [3.63, 3.8) is 0 Å². The van der Waals surface area contributed by atoms with E-state index >= 15 is 0 Å². The highest BCUT2D eigenvalue weighted by Gasteiger charge is 2.08. The molecule has 0 atom stereocenters. The SMILES string of the molecule is CN(C/C=C/C(=O)O)c1cn(C)c2ccccc12. The van der Waals surface area contributed by atoms with Crippen LogP contribution < -0.4 is 4.90 Å². The summed E-state index contributed by atoms with van der Waals surface area (Å²) in [5.74, 6) is -0.915. The molecule has 0 radical (unpaired) electrons. The maximum atomic E-state index is 10.4. The molecule has 1 aromatic carbocycles. The van der Waals surface area contributed by atoms with Gasteiger partial charge in [0.15, 0.2) is 0 Å². The van der Waals surface area contributed by atoms with Crippen molar-refractivity contribution in [1.29, 1.82) is 0 Å². The molecule has 0 amide bonds. The fourth-order valence-corrected chi connectivity index (χ4v) is 2.03. The van der Waals surface area contributed by atoms with Crippen LogP contribution in [0.1, 0.15) is 0 Å². The molecule has 0 saturated heterocycles. The minimum atomic E-state index is -0.915. The maximum Gasteiger partial charge on any atom is 0.328 e. The zero-order chi connectivity index (χ0) is 13.1. The lowest BCUT2D eigenvalue weighted by Crippen LogP contribution is -2.16. The summed E-state index contributed by atoms with van der Waals surface area (Å²) in [6, 6.07) is 8.16. The third-order valence-electron chi connectivity index (χ3n) is 2.93. The van der Waals surface area contributed by atoms with Gasteiger partial charge in [0.25, 0.3) is 0 Å². The first-order valence-corrected chi connectivity index (χ1v) is 5.74. The molecule has 1 aromatic heterocycles. The van der Waals surface area contributed by atoms with E-state index in [0.29, 0.717) is 6.54 Å². The largest absolute Gasteiger partial charge is 0.478 e. The number of carboxylic acids is 1.